The Morgan fingerprint density at radius 1 is 1.12 bits per heavy atom. The molecule has 0 saturated carbocycles. The monoisotopic (exact) mass is 451 g/mol. The fourth-order valence-electron chi connectivity index (χ4n) is 4.12. The van der Waals surface area contributed by atoms with Crippen molar-refractivity contribution in [2.75, 3.05) is 26.2 Å². The van der Waals surface area contributed by atoms with Crippen LogP contribution in [0.2, 0.25) is 0 Å². The molecule has 1 aliphatic heterocycles. The molecule has 1 atom stereocenters. The number of nitrogens with zero attached hydrogens (tertiary/aromatic N) is 5. The Morgan fingerprint density at radius 2 is 1.94 bits per heavy atom. The molecule has 0 radical (unpaired) electrons. The maximum Gasteiger partial charge on any atom is 0.236 e. The lowest BCUT2D eigenvalue weighted by Gasteiger charge is -2.26. The Kier molecular flexibility index (Phi) is 7.47. The highest BCUT2D eigenvalue weighted by Crippen LogP contribution is 2.17. The zero-order valence-corrected chi connectivity index (χ0v) is 19.1. The summed E-state index contributed by atoms with van der Waals surface area (Å²) in [4.78, 5) is 25.7. The quantitative estimate of drug-likeness (QED) is 0.526. The Balaban J connectivity index is 1.50. The fourth-order valence-corrected chi connectivity index (χ4v) is 4.12. The molecule has 3 aromatic rings. The van der Waals surface area contributed by atoms with Crippen LogP contribution in [-0.4, -0.2) is 62.5 Å². The first-order valence-corrected chi connectivity index (χ1v) is 11.3. The summed E-state index contributed by atoms with van der Waals surface area (Å²) in [6.45, 7) is 7.17. The normalized spacial score (nSPS) is 17.5. The van der Waals surface area contributed by atoms with Gasteiger partial charge >= 0.3 is 0 Å². The van der Waals surface area contributed by atoms with Crippen LogP contribution in [0.1, 0.15) is 25.1 Å². The number of ether oxygens (including phenoxy) is 1. The molecule has 1 aromatic carbocycles. The number of hydrogen-bond donors (Lipinski definition) is 0. The van der Waals surface area contributed by atoms with Crippen molar-refractivity contribution in [3.8, 4) is 5.95 Å². The lowest BCUT2D eigenvalue weighted by atomic mass is 10.2. The van der Waals surface area contributed by atoms with Crippen molar-refractivity contribution in [3.05, 3.63) is 78.1 Å². The highest BCUT2D eigenvalue weighted by Gasteiger charge is 2.29. The summed E-state index contributed by atoms with van der Waals surface area (Å²) in [5.41, 5.74) is 1.78. The highest BCUT2D eigenvalue weighted by atomic mass is 19.1. The molecule has 0 spiro atoms. The molecule has 33 heavy (non-hydrogen) atoms. The third-order valence-electron chi connectivity index (χ3n) is 5.54. The van der Waals surface area contributed by atoms with Crippen LogP contribution >= 0.6 is 0 Å². The minimum absolute atomic E-state index is 0.0922. The smallest absolute Gasteiger partial charge is 0.236 e. The van der Waals surface area contributed by atoms with E-state index in [-0.39, 0.29) is 17.8 Å². The van der Waals surface area contributed by atoms with Crippen LogP contribution in [0.25, 0.3) is 5.95 Å². The summed E-state index contributed by atoms with van der Waals surface area (Å²) in [5.74, 6) is 0.768. The van der Waals surface area contributed by atoms with Crippen molar-refractivity contribution in [1.29, 1.82) is 0 Å². The van der Waals surface area contributed by atoms with Crippen LogP contribution in [0.5, 0.6) is 0 Å². The fraction of sp³-hybridized carbons (Fsp3) is 0.400. The van der Waals surface area contributed by atoms with Gasteiger partial charge in [-0.2, -0.15) is 0 Å². The lowest BCUT2D eigenvalue weighted by molar-refractivity contribution is -0.132. The van der Waals surface area contributed by atoms with Gasteiger partial charge in [-0.05, 0) is 41.8 Å². The van der Waals surface area contributed by atoms with Crippen molar-refractivity contribution in [1.82, 2.24) is 24.3 Å². The number of halogens is 1. The topological polar surface area (TPSA) is 63.5 Å². The number of amides is 1. The molecule has 0 N–H and O–H groups in total. The predicted octanol–water partition coefficient (Wildman–Crippen LogP) is 3.29. The van der Waals surface area contributed by atoms with Crippen LogP contribution in [0.4, 0.5) is 4.39 Å². The number of aromatic nitrogens is 3. The van der Waals surface area contributed by atoms with Gasteiger partial charge in [-0.25, -0.2) is 14.4 Å². The van der Waals surface area contributed by atoms with E-state index in [9.17, 15) is 9.18 Å². The van der Waals surface area contributed by atoms with Crippen molar-refractivity contribution < 1.29 is 13.9 Å². The van der Waals surface area contributed by atoms with E-state index in [0.717, 1.165) is 11.3 Å². The molecule has 3 heterocycles. The van der Waals surface area contributed by atoms with Crippen LogP contribution in [0.15, 0.2) is 61.1 Å². The van der Waals surface area contributed by atoms with Crippen LogP contribution in [0.3, 0.4) is 0 Å². The average molecular weight is 452 g/mol. The van der Waals surface area contributed by atoms with Gasteiger partial charge in [0.2, 0.25) is 11.9 Å². The van der Waals surface area contributed by atoms with Crippen molar-refractivity contribution in [3.63, 3.8) is 0 Å². The first-order chi connectivity index (χ1) is 16.0. The zero-order valence-electron chi connectivity index (χ0n) is 19.1. The second-order valence-electron chi connectivity index (χ2n) is 8.84. The minimum Gasteiger partial charge on any atom is -0.370 e. The Bertz CT molecular complexity index is 1060. The average Bonchev–Trinajstić information content (AvgIpc) is 3.19. The van der Waals surface area contributed by atoms with E-state index in [1.807, 2.05) is 33.9 Å². The van der Waals surface area contributed by atoms with Crippen LogP contribution in [-0.2, 0) is 22.7 Å². The van der Waals surface area contributed by atoms with Gasteiger partial charge in [-0.3, -0.25) is 14.3 Å². The summed E-state index contributed by atoms with van der Waals surface area (Å²) >= 11 is 0. The molecular formula is C25H30FN5O2. The number of carbonyl (C=O) groups excluding carboxylic acids is 1. The van der Waals surface area contributed by atoms with Gasteiger partial charge < -0.3 is 9.64 Å². The third-order valence-corrected chi connectivity index (χ3v) is 5.54. The van der Waals surface area contributed by atoms with Crippen LogP contribution in [0, 0.1) is 11.7 Å². The minimum atomic E-state index is -0.279. The van der Waals surface area contributed by atoms with Crippen molar-refractivity contribution >= 4 is 5.91 Å². The second-order valence-corrected chi connectivity index (χ2v) is 8.84. The largest absolute Gasteiger partial charge is 0.370 e. The standard InChI is InChI=1S/C25H30FN5O2/c1-19(2)13-30-16-23(33-18-20-6-3-7-21(26)12-20)15-29(17-24(30)32)14-22-8-4-11-31(22)25-27-9-5-10-28-25/h3-12,19,23H,13-18H2,1-2H3. The SMILES string of the molecule is CC(C)CN1CC(OCc2cccc(F)c2)CN(Cc2cccn2-c2ncccn2)CC1=O. The number of rotatable bonds is 8. The van der Waals surface area contributed by atoms with Gasteiger partial charge in [0, 0.05) is 50.5 Å². The first kappa shape index (κ1) is 23.1. The van der Waals surface area contributed by atoms with Crippen molar-refractivity contribution in [2.45, 2.75) is 33.1 Å². The van der Waals surface area contributed by atoms with E-state index in [1.165, 1.54) is 12.1 Å². The molecule has 1 unspecified atom stereocenters. The summed E-state index contributed by atoms with van der Waals surface area (Å²) in [6.07, 6.45) is 5.16. The van der Waals surface area contributed by atoms with E-state index in [2.05, 4.69) is 28.7 Å². The van der Waals surface area contributed by atoms with Gasteiger partial charge in [0.25, 0.3) is 0 Å². The second kappa shape index (κ2) is 10.7. The summed E-state index contributed by atoms with van der Waals surface area (Å²) in [7, 11) is 0. The predicted molar refractivity (Wildman–Crippen MR) is 123 cm³/mol. The van der Waals surface area contributed by atoms with E-state index in [4.69, 9.17) is 4.74 Å². The Hall–Kier alpha value is -3.10. The molecule has 2 aromatic heterocycles. The Morgan fingerprint density at radius 3 is 2.70 bits per heavy atom. The van der Waals surface area contributed by atoms with Gasteiger partial charge in [-0.15, -0.1) is 0 Å². The molecule has 0 bridgehead atoms. The van der Waals surface area contributed by atoms with Gasteiger partial charge in [0.15, 0.2) is 0 Å². The molecule has 7 nitrogen and oxygen atoms in total. The number of carbonyl (C=O) groups is 1. The molecule has 174 valence electrons. The van der Waals surface area contributed by atoms with Gasteiger partial charge in [-0.1, -0.05) is 26.0 Å². The molecule has 1 saturated heterocycles. The molecule has 1 fully saturated rings. The van der Waals surface area contributed by atoms with Crippen LogP contribution < -0.4 is 0 Å². The molecular weight excluding hydrogens is 421 g/mol. The van der Waals surface area contributed by atoms with E-state index >= 15 is 0 Å². The summed E-state index contributed by atoms with van der Waals surface area (Å²) < 4.78 is 21.7. The first-order valence-electron chi connectivity index (χ1n) is 11.3. The summed E-state index contributed by atoms with van der Waals surface area (Å²) in [6, 6.07) is 12.2. The Labute approximate surface area is 193 Å². The van der Waals surface area contributed by atoms with E-state index in [0.29, 0.717) is 51.2 Å². The number of hydrogen-bond acceptors (Lipinski definition) is 5. The maximum absolute atomic E-state index is 13.6. The van der Waals surface area contributed by atoms with Gasteiger partial charge in [0.1, 0.15) is 5.82 Å². The zero-order chi connectivity index (χ0) is 23.2. The van der Waals surface area contributed by atoms with Crippen molar-refractivity contribution in [2.24, 2.45) is 5.92 Å². The number of benzene rings is 1. The highest BCUT2D eigenvalue weighted by molar-refractivity contribution is 5.78. The van der Waals surface area contributed by atoms with Gasteiger partial charge in [0.05, 0.1) is 19.3 Å². The van der Waals surface area contributed by atoms with E-state index in [1.54, 1.807) is 24.5 Å². The van der Waals surface area contributed by atoms with E-state index < -0.39 is 0 Å². The molecule has 8 heteroatoms. The lowest BCUT2D eigenvalue weighted by Crippen LogP contribution is -2.40. The maximum atomic E-state index is 13.6. The molecule has 1 aliphatic rings. The summed E-state index contributed by atoms with van der Waals surface area (Å²) in [5, 5.41) is 0. The molecule has 1 amide bonds. The third kappa shape index (κ3) is 6.24. The molecule has 0 aliphatic carbocycles. The molecule has 4 rings (SSSR count).